The second-order valence-electron chi connectivity index (χ2n) is 5.38. The number of piperidine rings is 1. The summed E-state index contributed by atoms with van der Waals surface area (Å²) >= 11 is 0. The molecule has 1 aliphatic rings. The highest BCUT2D eigenvalue weighted by molar-refractivity contribution is 7.89. The van der Waals surface area contributed by atoms with Gasteiger partial charge in [-0.2, -0.15) is 9.57 Å². The van der Waals surface area contributed by atoms with E-state index in [-0.39, 0.29) is 29.1 Å². The van der Waals surface area contributed by atoms with Gasteiger partial charge >= 0.3 is 0 Å². The monoisotopic (exact) mass is 344 g/mol. The van der Waals surface area contributed by atoms with Gasteiger partial charge in [-0.3, -0.25) is 0 Å². The third-order valence-electron chi connectivity index (χ3n) is 3.77. The number of benzene rings is 1. The number of hydrogen-bond donors (Lipinski definition) is 0. The van der Waals surface area contributed by atoms with Gasteiger partial charge in [0.05, 0.1) is 11.4 Å². The summed E-state index contributed by atoms with van der Waals surface area (Å²) in [6.45, 7) is 0.668. The first-order valence-corrected chi connectivity index (χ1v) is 8.98. The lowest BCUT2D eigenvalue weighted by atomic mass is 10.1. The van der Waals surface area contributed by atoms with Crippen LogP contribution in [-0.4, -0.2) is 41.9 Å². The van der Waals surface area contributed by atoms with E-state index in [4.69, 9.17) is 10.00 Å². The molecule has 3 rings (SSSR count). The molecule has 0 spiro atoms. The lowest BCUT2D eigenvalue weighted by Gasteiger charge is -2.31. The summed E-state index contributed by atoms with van der Waals surface area (Å²) in [6, 6.07) is 10.3. The maximum Gasteiger partial charge on any atom is 0.251 e. The first kappa shape index (κ1) is 16.4. The number of sulfonamides is 1. The summed E-state index contributed by atoms with van der Waals surface area (Å²) in [5, 5.41) is 9.04. The second-order valence-corrected chi connectivity index (χ2v) is 7.32. The molecule has 1 aromatic heterocycles. The van der Waals surface area contributed by atoms with E-state index < -0.39 is 10.0 Å². The molecule has 0 aliphatic carbocycles. The Morgan fingerprint density at radius 3 is 2.71 bits per heavy atom. The van der Waals surface area contributed by atoms with E-state index in [1.165, 1.54) is 16.7 Å². The molecule has 7 nitrogen and oxygen atoms in total. The van der Waals surface area contributed by atoms with Crippen LogP contribution in [0.2, 0.25) is 0 Å². The van der Waals surface area contributed by atoms with Crippen molar-refractivity contribution in [2.45, 2.75) is 23.8 Å². The van der Waals surface area contributed by atoms with Crippen molar-refractivity contribution in [2.24, 2.45) is 0 Å². The average Bonchev–Trinajstić information content (AvgIpc) is 2.63. The summed E-state index contributed by atoms with van der Waals surface area (Å²) in [4.78, 5) is 8.18. The minimum atomic E-state index is -3.55. The van der Waals surface area contributed by atoms with Gasteiger partial charge in [0.2, 0.25) is 15.7 Å². The highest BCUT2D eigenvalue weighted by Gasteiger charge is 2.31. The first-order chi connectivity index (χ1) is 11.6. The van der Waals surface area contributed by atoms with Crippen molar-refractivity contribution >= 4 is 10.0 Å². The van der Waals surface area contributed by atoms with Crippen LogP contribution in [0, 0.1) is 11.3 Å². The molecular formula is C16H16N4O3S. The fourth-order valence-corrected chi connectivity index (χ4v) is 4.14. The van der Waals surface area contributed by atoms with Gasteiger partial charge in [0.15, 0.2) is 0 Å². The predicted octanol–water partition coefficient (Wildman–Crippen LogP) is 1.58. The molecule has 1 aliphatic heterocycles. The Morgan fingerprint density at radius 2 is 1.96 bits per heavy atom. The maximum atomic E-state index is 12.7. The summed E-state index contributed by atoms with van der Waals surface area (Å²) in [5.41, 5.74) is 0.0977. The normalized spacial score (nSPS) is 18.7. The van der Waals surface area contributed by atoms with Gasteiger partial charge in [0, 0.05) is 18.9 Å². The minimum absolute atomic E-state index is 0.0977. The summed E-state index contributed by atoms with van der Waals surface area (Å²) in [6.07, 6.45) is 3.87. The van der Waals surface area contributed by atoms with Gasteiger partial charge < -0.3 is 4.74 Å². The molecule has 1 aromatic carbocycles. The SMILES string of the molecule is N#Cc1nccnc1O[C@H]1CCCN(S(=O)(=O)c2ccccc2)C1. The molecule has 0 radical (unpaired) electrons. The Kier molecular flexibility index (Phi) is 4.74. The molecule has 8 heteroatoms. The smallest absolute Gasteiger partial charge is 0.251 e. The molecule has 0 N–H and O–H groups in total. The largest absolute Gasteiger partial charge is 0.471 e. The Balaban J connectivity index is 1.77. The van der Waals surface area contributed by atoms with Gasteiger partial charge in [-0.1, -0.05) is 18.2 Å². The van der Waals surface area contributed by atoms with E-state index in [9.17, 15) is 8.42 Å². The molecule has 124 valence electrons. The molecule has 1 atom stereocenters. The molecule has 24 heavy (non-hydrogen) atoms. The molecule has 0 amide bonds. The van der Waals surface area contributed by atoms with Gasteiger partial charge in [-0.15, -0.1) is 0 Å². The molecule has 2 heterocycles. The molecule has 1 saturated heterocycles. The molecular weight excluding hydrogens is 328 g/mol. The number of nitriles is 1. The van der Waals surface area contributed by atoms with Crippen LogP contribution in [0.25, 0.3) is 0 Å². The van der Waals surface area contributed by atoms with Crippen LogP contribution in [0.15, 0.2) is 47.6 Å². The summed E-state index contributed by atoms with van der Waals surface area (Å²) in [7, 11) is -3.55. The van der Waals surface area contributed by atoms with Crippen molar-refractivity contribution in [1.82, 2.24) is 14.3 Å². The number of hydrogen-bond acceptors (Lipinski definition) is 6. The molecule has 1 fully saturated rings. The second kappa shape index (κ2) is 6.95. The third-order valence-corrected chi connectivity index (χ3v) is 5.65. The number of rotatable bonds is 4. The topological polar surface area (TPSA) is 96.2 Å². The van der Waals surface area contributed by atoms with E-state index in [2.05, 4.69) is 9.97 Å². The van der Waals surface area contributed by atoms with Crippen molar-refractivity contribution in [2.75, 3.05) is 13.1 Å². The number of ether oxygens (including phenoxy) is 1. The lowest BCUT2D eigenvalue weighted by Crippen LogP contribution is -2.44. The van der Waals surface area contributed by atoms with Crippen LogP contribution in [0.1, 0.15) is 18.5 Å². The van der Waals surface area contributed by atoms with Crippen molar-refractivity contribution in [3.05, 3.63) is 48.4 Å². The van der Waals surface area contributed by atoms with Crippen LogP contribution in [0.4, 0.5) is 0 Å². The quantitative estimate of drug-likeness (QED) is 0.835. The fourth-order valence-electron chi connectivity index (χ4n) is 2.61. The Morgan fingerprint density at radius 1 is 1.21 bits per heavy atom. The van der Waals surface area contributed by atoms with E-state index in [1.54, 1.807) is 30.3 Å². The van der Waals surface area contributed by atoms with Crippen LogP contribution < -0.4 is 4.74 Å². The van der Waals surface area contributed by atoms with Gasteiger partial charge in [-0.25, -0.2) is 18.4 Å². The Labute approximate surface area is 140 Å². The minimum Gasteiger partial charge on any atom is -0.471 e. The maximum absolute atomic E-state index is 12.7. The van der Waals surface area contributed by atoms with E-state index in [0.29, 0.717) is 19.4 Å². The molecule has 2 aromatic rings. The van der Waals surface area contributed by atoms with Gasteiger partial charge in [0.1, 0.15) is 12.2 Å². The highest BCUT2D eigenvalue weighted by atomic mass is 32.2. The molecule has 0 unspecified atom stereocenters. The third kappa shape index (κ3) is 3.37. The lowest BCUT2D eigenvalue weighted by molar-refractivity contribution is 0.124. The number of aromatic nitrogens is 2. The van der Waals surface area contributed by atoms with Crippen molar-refractivity contribution in [3.8, 4) is 11.9 Å². The van der Waals surface area contributed by atoms with Gasteiger partial charge in [0.25, 0.3) is 5.88 Å². The Bertz CT molecular complexity index is 849. The zero-order valence-electron chi connectivity index (χ0n) is 12.9. The van der Waals surface area contributed by atoms with Crippen LogP contribution in [0.5, 0.6) is 5.88 Å². The standard InChI is InChI=1S/C16H16N4O3S/c17-11-15-16(19-9-8-18-15)23-13-5-4-10-20(12-13)24(21,22)14-6-2-1-3-7-14/h1-3,6-9,13H,4-5,10,12H2/t13-/m0/s1. The van der Waals surface area contributed by atoms with Gasteiger partial charge in [-0.05, 0) is 25.0 Å². The summed E-state index contributed by atoms with van der Waals surface area (Å²) in [5.74, 6) is 0.143. The van der Waals surface area contributed by atoms with Crippen LogP contribution in [-0.2, 0) is 10.0 Å². The Hall–Kier alpha value is -2.50. The zero-order valence-corrected chi connectivity index (χ0v) is 13.7. The van der Waals surface area contributed by atoms with Crippen LogP contribution >= 0.6 is 0 Å². The average molecular weight is 344 g/mol. The zero-order chi connectivity index (χ0) is 17.0. The summed E-state index contributed by atoms with van der Waals surface area (Å²) < 4.78 is 32.5. The number of nitrogens with zero attached hydrogens (tertiary/aromatic N) is 4. The molecule has 0 saturated carbocycles. The fraction of sp³-hybridized carbons (Fsp3) is 0.312. The highest BCUT2D eigenvalue weighted by Crippen LogP contribution is 2.23. The van der Waals surface area contributed by atoms with Crippen molar-refractivity contribution < 1.29 is 13.2 Å². The van der Waals surface area contributed by atoms with E-state index >= 15 is 0 Å². The van der Waals surface area contributed by atoms with E-state index in [1.807, 2.05) is 6.07 Å². The first-order valence-electron chi connectivity index (χ1n) is 7.54. The molecule has 0 bridgehead atoms. The van der Waals surface area contributed by atoms with Crippen molar-refractivity contribution in [3.63, 3.8) is 0 Å². The predicted molar refractivity (Wildman–Crippen MR) is 85.6 cm³/mol. The van der Waals surface area contributed by atoms with Crippen LogP contribution in [0.3, 0.4) is 0 Å². The van der Waals surface area contributed by atoms with Crippen molar-refractivity contribution in [1.29, 1.82) is 5.26 Å². The van der Waals surface area contributed by atoms with E-state index in [0.717, 1.165) is 0 Å².